The molecule has 0 spiro atoms. The van der Waals surface area contributed by atoms with Crippen molar-refractivity contribution in [3.05, 3.63) is 34.6 Å². The van der Waals surface area contributed by atoms with Crippen LogP contribution in [0.3, 0.4) is 0 Å². The van der Waals surface area contributed by atoms with Crippen molar-refractivity contribution in [2.45, 2.75) is 20.4 Å². The molecule has 0 saturated heterocycles. The van der Waals surface area contributed by atoms with Crippen molar-refractivity contribution < 1.29 is 4.39 Å². The number of hydrogen-bond acceptors (Lipinski definition) is 2. The smallest absolute Gasteiger partial charge is 0.123 e. The summed E-state index contributed by atoms with van der Waals surface area (Å²) in [5.74, 6) is -0.254. The molecular formula is C13H20ClFN2. The van der Waals surface area contributed by atoms with Crippen molar-refractivity contribution in [1.29, 1.82) is 0 Å². The van der Waals surface area contributed by atoms with Gasteiger partial charge in [0.15, 0.2) is 0 Å². The maximum absolute atomic E-state index is 13.1. The largest absolute Gasteiger partial charge is 0.330 e. The van der Waals surface area contributed by atoms with Crippen LogP contribution in [0.1, 0.15) is 19.4 Å². The van der Waals surface area contributed by atoms with E-state index in [1.807, 2.05) is 7.05 Å². The minimum absolute atomic E-state index is 0.0501. The molecule has 0 aromatic heterocycles. The van der Waals surface area contributed by atoms with Gasteiger partial charge in [-0.3, -0.25) is 0 Å². The van der Waals surface area contributed by atoms with Gasteiger partial charge < -0.3 is 10.6 Å². The summed E-state index contributed by atoms with van der Waals surface area (Å²) in [6.07, 6.45) is 0. The summed E-state index contributed by atoms with van der Waals surface area (Å²) in [4.78, 5) is 2.10. The third kappa shape index (κ3) is 4.62. The molecule has 2 N–H and O–H groups in total. The fourth-order valence-electron chi connectivity index (χ4n) is 1.81. The van der Waals surface area contributed by atoms with Gasteiger partial charge in [0, 0.05) is 18.1 Å². The van der Waals surface area contributed by atoms with Crippen LogP contribution in [0, 0.1) is 11.2 Å². The molecule has 1 rings (SSSR count). The molecule has 1 aromatic rings. The van der Waals surface area contributed by atoms with E-state index in [4.69, 9.17) is 17.3 Å². The van der Waals surface area contributed by atoms with Crippen LogP contribution in [0.15, 0.2) is 18.2 Å². The maximum atomic E-state index is 13.1. The van der Waals surface area contributed by atoms with Gasteiger partial charge in [0.25, 0.3) is 0 Å². The summed E-state index contributed by atoms with van der Waals surface area (Å²) in [5.41, 5.74) is 6.55. The average molecular weight is 259 g/mol. The highest BCUT2D eigenvalue weighted by Gasteiger charge is 2.18. The summed E-state index contributed by atoms with van der Waals surface area (Å²) in [7, 11) is 1.98. The second kappa shape index (κ2) is 5.80. The number of rotatable bonds is 5. The van der Waals surface area contributed by atoms with Gasteiger partial charge in [-0.2, -0.15) is 0 Å². The normalized spacial score (nSPS) is 12.2. The zero-order chi connectivity index (χ0) is 13.1. The van der Waals surface area contributed by atoms with E-state index in [2.05, 4.69) is 18.7 Å². The standard InChI is InChI=1S/C13H20ClFN2/c1-13(2,8-16)9-17(3)7-10-6-11(15)4-5-12(10)14/h4-6H,7-9,16H2,1-3H3. The Morgan fingerprint density at radius 1 is 1.41 bits per heavy atom. The highest BCUT2D eigenvalue weighted by molar-refractivity contribution is 6.31. The molecule has 0 aliphatic carbocycles. The maximum Gasteiger partial charge on any atom is 0.123 e. The SMILES string of the molecule is CN(Cc1cc(F)ccc1Cl)CC(C)(C)CN. The third-order valence-electron chi connectivity index (χ3n) is 2.70. The van der Waals surface area contributed by atoms with Crippen LogP contribution in [-0.4, -0.2) is 25.0 Å². The summed E-state index contributed by atoms with van der Waals surface area (Å²) in [6.45, 7) is 6.30. The molecule has 0 radical (unpaired) electrons. The molecular weight excluding hydrogens is 239 g/mol. The lowest BCUT2D eigenvalue weighted by atomic mass is 9.93. The highest BCUT2D eigenvalue weighted by atomic mass is 35.5. The van der Waals surface area contributed by atoms with E-state index in [1.165, 1.54) is 12.1 Å². The van der Waals surface area contributed by atoms with Crippen molar-refractivity contribution >= 4 is 11.6 Å². The lowest BCUT2D eigenvalue weighted by Gasteiger charge is -2.29. The molecule has 96 valence electrons. The van der Waals surface area contributed by atoms with Crippen molar-refractivity contribution in [3.63, 3.8) is 0 Å². The first kappa shape index (κ1) is 14.4. The molecule has 0 fully saturated rings. The summed E-state index contributed by atoms with van der Waals surface area (Å²) >= 11 is 6.03. The fraction of sp³-hybridized carbons (Fsp3) is 0.538. The van der Waals surface area contributed by atoms with E-state index in [0.717, 1.165) is 12.1 Å². The Morgan fingerprint density at radius 3 is 2.65 bits per heavy atom. The van der Waals surface area contributed by atoms with Gasteiger partial charge in [-0.1, -0.05) is 25.4 Å². The predicted molar refractivity (Wildman–Crippen MR) is 70.6 cm³/mol. The first-order valence-corrected chi connectivity index (χ1v) is 6.04. The van der Waals surface area contributed by atoms with Crippen molar-refractivity contribution in [3.8, 4) is 0 Å². The van der Waals surface area contributed by atoms with Crippen LogP contribution >= 0.6 is 11.6 Å². The summed E-state index contributed by atoms with van der Waals surface area (Å²) < 4.78 is 13.1. The van der Waals surface area contributed by atoms with Crippen LogP contribution in [0.25, 0.3) is 0 Å². The highest BCUT2D eigenvalue weighted by Crippen LogP contribution is 2.20. The number of nitrogens with two attached hydrogens (primary N) is 1. The van der Waals surface area contributed by atoms with Crippen molar-refractivity contribution in [2.24, 2.45) is 11.1 Å². The third-order valence-corrected chi connectivity index (χ3v) is 3.07. The van der Waals surface area contributed by atoms with Gasteiger partial charge in [-0.15, -0.1) is 0 Å². The van der Waals surface area contributed by atoms with Crippen molar-refractivity contribution in [2.75, 3.05) is 20.1 Å². The van der Waals surface area contributed by atoms with Crippen LogP contribution in [0.2, 0.25) is 5.02 Å². The zero-order valence-electron chi connectivity index (χ0n) is 10.6. The minimum atomic E-state index is -0.254. The van der Waals surface area contributed by atoms with Crippen LogP contribution in [0.4, 0.5) is 4.39 Å². The second-order valence-corrected chi connectivity index (χ2v) is 5.68. The molecule has 0 amide bonds. The van der Waals surface area contributed by atoms with Gasteiger partial charge in [0.1, 0.15) is 5.82 Å². The van der Waals surface area contributed by atoms with Crippen LogP contribution < -0.4 is 5.73 Å². The predicted octanol–water partition coefficient (Wildman–Crippen LogP) is 2.90. The molecule has 0 atom stereocenters. The monoisotopic (exact) mass is 258 g/mol. The Kier molecular flexibility index (Phi) is 4.92. The number of nitrogens with zero attached hydrogens (tertiary/aromatic N) is 1. The van der Waals surface area contributed by atoms with E-state index in [1.54, 1.807) is 6.07 Å². The Labute approximate surface area is 108 Å². The average Bonchev–Trinajstić information content (AvgIpc) is 2.23. The number of hydrogen-bond donors (Lipinski definition) is 1. The van der Waals surface area contributed by atoms with Gasteiger partial charge in [-0.05, 0) is 42.8 Å². The Hall–Kier alpha value is -0.640. The lowest BCUT2D eigenvalue weighted by molar-refractivity contribution is 0.210. The molecule has 0 bridgehead atoms. The van der Waals surface area contributed by atoms with Gasteiger partial charge in [0.2, 0.25) is 0 Å². The van der Waals surface area contributed by atoms with Crippen LogP contribution in [0.5, 0.6) is 0 Å². The first-order valence-electron chi connectivity index (χ1n) is 5.66. The van der Waals surface area contributed by atoms with Crippen molar-refractivity contribution in [1.82, 2.24) is 4.90 Å². The molecule has 17 heavy (non-hydrogen) atoms. The Bertz CT molecular complexity index is 380. The van der Waals surface area contributed by atoms with Gasteiger partial charge in [-0.25, -0.2) is 4.39 Å². The molecule has 1 aromatic carbocycles. The minimum Gasteiger partial charge on any atom is -0.330 e. The van der Waals surface area contributed by atoms with Gasteiger partial charge in [0.05, 0.1) is 0 Å². The van der Waals surface area contributed by atoms with Gasteiger partial charge >= 0.3 is 0 Å². The molecule has 4 heteroatoms. The number of benzene rings is 1. The Balaban J connectivity index is 2.68. The zero-order valence-corrected chi connectivity index (χ0v) is 11.4. The molecule has 0 saturated carbocycles. The molecule has 0 unspecified atom stereocenters. The molecule has 0 aliphatic heterocycles. The Morgan fingerprint density at radius 2 is 2.06 bits per heavy atom. The quantitative estimate of drug-likeness (QED) is 0.880. The van der Waals surface area contributed by atoms with E-state index in [-0.39, 0.29) is 11.2 Å². The summed E-state index contributed by atoms with van der Waals surface area (Å²) in [5, 5.41) is 0.601. The topological polar surface area (TPSA) is 29.3 Å². The molecule has 0 heterocycles. The van der Waals surface area contributed by atoms with E-state index < -0.39 is 0 Å². The number of halogens is 2. The fourth-order valence-corrected chi connectivity index (χ4v) is 1.98. The second-order valence-electron chi connectivity index (χ2n) is 5.28. The van der Waals surface area contributed by atoms with E-state index >= 15 is 0 Å². The lowest BCUT2D eigenvalue weighted by Crippen LogP contribution is -2.36. The van der Waals surface area contributed by atoms with Crippen LogP contribution in [-0.2, 0) is 6.54 Å². The molecule has 2 nitrogen and oxygen atoms in total. The molecule has 0 aliphatic rings. The van der Waals surface area contributed by atoms with E-state index in [0.29, 0.717) is 18.1 Å². The van der Waals surface area contributed by atoms with E-state index in [9.17, 15) is 4.39 Å². The first-order chi connectivity index (χ1) is 7.84. The summed E-state index contributed by atoms with van der Waals surface area (Å²) in [6, 6.07) is 4.44.